The fourth-order valence-electron chi connectivity index (χ4n) is 2.34. The molecule has 25 heavy (non-hydrogen) atoms. The molecule has 0 aliphatic carbocycles. The maximum absolute atomic E-state index is 12.1. The molecule has 0 unspecified atom stereocenters. The zero-order valence-corrected chi connectivity index (χ0v) is 15.2. The van der Waals surface area contributed by atoms with E-state index in [0.717, 1.165) is 18.0 Å². The van der Waals surface area contributed by atoms with Crippen LogP contribution in [0.2, 0.25) is 5.02 Å². The van der Waals surface area contributed by atoms with Crippen LogP contribution in [0.5, 0.6) is 11.5 Å². The molecule has 0 aliphatic heterocycles. The third kappa shape index (κ3) is 6.29. The van der Waals surface area contributed by atoms with Gasteiger partial charge in [0.1, 0.15) is 11.5 Å². The van der Waals surface area contributed by atoms with Crippen molar-refractivity contribution in [2.75, 3.05) is 32.6 Å². The SMILES string of the molecule is COc1ccc(OC)c(NC(=O)CCNCCc2ccc(Cl)cc2)c1. The standard InChI is InChI=1S/C19H23ClN2O3/c1-24-16-7-8-18(25-2)17(13-16)22-19(23)10-12-21-11-9-14-3-5-15(20)6-4-14/h3-8,13,21H,9-12H2,1-2H3,(H,22,23). The van der Waals surface area contributed by atoms with Gasteiger partial charge in [-0.2, -0.15) is 0 Å². The summed E-state index contributed by atoms with van der Waals surface area (Å²) >= 11 is 5.86. The van der Waals surface area contributed by atoms with Gasteiger partial charge in [0.25, 0.3) is 0 Å². The molecule has 0 saturated carbocycles. The number of methoxy groups -OCH3 is 2. The van der Waals surface area contributed by atoms with Gasteiger partial charge in [-0.05, 0) is 42.8 Å². The number of hydrogen-bond donors (Lipinski definition) is 2. The first kappa shape index (κ1) is 19.1. The third-order valence-corrected chi connectivity index (χ3v) is 3.97. The Bertz CT molecular complexity index is 690. The molecule has 0 heterocycles. The van der Waals surface area contributed by atoms with Gasteiger partial charge in [-0.3, -0.25) is 4.79 Å². The number of amides is 1. The van der Waals surface area contributed by atoms with Gasteiger partial charge in [-0.1, -0.05) is 23.7 Å². The van der Waals surface area contributed by atoms with E-state index in [9.17, 15) is 4.79 Å². The second-order valence-corrected chi connectivity index (χ2v) is 5.93. The van der Waals surface area contributed by atoms with Crippen LogP contribution in [0.15, 0.2) is 42.5 Å². The van der Waals surface area contributed by atoms with Crippen LogP contribution in [-0.4, -0.2) is 33.2 Å². The number of halogens is 1. The number of carbonyl (C=O) groups excluding carboxylic acids is 1. The maximum atomic E-state index is 12.1. The van der Waals surface area contributed by atoms with Gasteiger partial charge in [0.2, 0.25) is 5.91 Å². The summed E-state index contributed by atoms with van der Waals surface area (Å²) in [5, 5.41) is 6.86. The highest BCUT2D eigenvalue weighted by molar-refractivity contribution is 6.30. The number of nitrogens with one attached hydrogen (secondary N) is 2. The third-order valence-electron chi connectivity index (χ3n) is 3.71. The Morgan fingerprint density at radius 3 is 2.48 bits per heavy atom. The van der Waals surface area contributed by atoms with Crippen molar-refractivity contribution in [2.24, 2.45) is 0 Å². The van der Waals surface area contributed by atoms with Gasteiger partial charge in [-0.15, -0.1) is 0 Å². The molecule has 2 rings (SSSR count). The molecule has 0 aliphatic rings. The summed E-state index contributed by atoms with van der Waals surface area (Å²) in [6.07, 6.45) is 1.27. The first-order valence-electron chi connectivity index (χ1n) is 8.09. The average molecular weight is 363 g/mol. The van der Waals surface area contributed by atoms with Crippen LogP contribution in [0, 0.1) is 0 Å². The minimum Gasteiger partial charge on any atom is -0.497 e. The molecule has 0 saturated heterocycles. The predicted octanol–water partition coefficient (Wildman–Crippen LogP) is 3.52. The summed E-state index contributed by atoms with van der Waals surface area (Å²) in [6, 6.07) is 13.1. The van der Waals surface area contributed by atoms with Crippen LogP contribution in [0.25, 0.3) is 0 Å². The molecule has 2 aromatic rings. The smallest absolute Gasteiger partial charge is 0.225 e. The van der Waals surface area contributed by atoms with Crippen molar-refractivity contribution in [3.05, 3.63) is 53.1 Å². The highest BCUT2D eigenvalue weighted by Gasteiger charge is 2.09. The van der Waals surface area contributed by atoms with E-state index in [1.165, 1.54) is 5.56 Å². The van der Waals surface area contributed by atoms with E-state index in [1.807, 2.05) is 24.3 Å². The van der Waals surface area contributed by atoms with Gasteiger partial charge < -0.3 is 20.1 Å². The number of ether oxygens (including phenoxy) is 2. The Balaban J connectivity index is 1.73. The lowest BCUT2D eigenvalue weighted by Crippen LogP contribution is -2.23. The quantitative estimate of drug-likeness (QED) is 0.670. The van der Waals surface area contributed by atoms with Crippen LogP contribution in [0.1, 0.15) is 12.0 Å². The van der Waals surface area contributed by atoms with E-state index in [0.29, 0.717) is 30.2 Å². The first-order chi connectivity index (χ1) is 12.1. The number of anilines is 1. The highest BCUT2D eigenvalue weighted by atomic mass is 35.5. The van der Waals surface area contributed by atoms with E-state index >= 15 is 0 Å². The number of hydrogen-bond acceptors (Lipinski definition) is 4. The van der Waals surface area contributed by atoms with Crippen molar-refractivity contribution in [1.29, 1.82) is 0 Å². The Morgan fingerprint density at radius 1 is 1.04 bits per heavy atom. The molecule has 0 radical (unpaired) electrons. The minimum absolute atomic E-state index is 0.0782. The topological polar surface area (TPSA) is 59.6 Å². The summed E-state index contributed by atoms with van der Waals surface area (Å²) in [6.45, 7) is 1.41. The van der Waals surface area contributed by atoms with Gasteiger partial charge in [0.15, 0.2) is 0 Å². The van der Waals surface area contributed by atoms with Gasteiger partial charge >= 0.3 is 0 Å². The Hall–Kier alpha value is -2.24. The largest absolute Gasteiger partial charge is 0.497 e. The Kier molecular flexibility index (Phi) is 7.57. The van der Waals surface area contributed by atoms with Gasteiger partial charge in [0.05, 0.1) is 19.9 Å². The number of benzene rings is 2. The van der Waals surface area contributed by atoms with Crippen LogP contribution < -0.4 is 20.1 Å². The molecule has 0 atom stereocenters. The van der Waals surface area contributed by atoms with E-state index in [2.05, 4.69) is 10.6 Å². The first-order valence-corrected chi connectivity index (χ1v) is 8.47. The summed E-state index contributed by atoms with van der Waals surface area (Å²) in [7, 11) is 3.15. The van der Waals surface area contributed by atoms with E-state index < -0.39 is 0 Å². The Labute approximate surface area is 153 Å². The molecular formula is C19H23ClN2O3. The lowest BCUT2D eigenvalue weighted by atomic mass is 10.1. The second kappa shape index (κ2) is 9.91. The zero-order valence-electron chi connectivity index (χ0n) is 14.5. The molecule has 5 nitrogen and oxygen atoms in total. The summed E-state index contributed by atoms with van der Waals surface area (Å²) in [5.74, 6) is 1.19. The van der Waals surface area contributed by atoms with Crippen molar-refractivity contribution in [2.45, 2.75) is 12.8 Å². The lowest BCUT2D eigenvalue weighted by Gasteiger charge is -2.12. The summed E-state index contributed by atoms with van der Waals surface area (Å²) < 4.78 is 10.4. The second-order valence-electron chi connectivity index (χ2n) is 5.49. The van der Waals surface area contributed by atoms with Crippen molar-refractivity contribution >= 4 is 23.2 Å². The normalized spacial score (nSPS) is 10.4. The number of rotatable bonds is 9. The molecule has 1 amide bonds. The van der Waals surface area contributed by atoms with Crippen LogP contribution in [0.4, 0.5) is 5.69 Å². The average Bonchev–Trinajstić information content (AvgIpc) is 2.63. The fourth-order valence-corrected chi connectivity index (χ4v) is 2.46. The van der Waals surface area contributed by atoms with Crippen molar-refractivity contribution in [3.8, 4) is 11.5 Å². The molecule has 0 fully saturated rings. The molecule has 134 valence electrons. The van der Waals surface area contributed by atoms with E-state index in [-0.39, 0.29) is 5.91 Å². The molecular weight excluding hydrogens is 340 g/mol. The lowest BCUT2D eigenvalue weighted by molar-refractivity contribution is -0.116. The minimum atomic E-state index is -0.0782. The van der Waals surface area contributed by atoms with Crippen LogP contribution in [0.3, 0.4) is 0 Å². The molecule has 0 aromatic heterocycles. The zero-order chi connectivity index (χ0) is 18.1. The van der Waals surface area contributed by atoms with Crippen molar-refractivity contribution < 1.29 is 14.3 Å². The van der Waals surface area contributed by atoms with Crippen LogP contribution >= 0.6 is 11.6 Å². The van der Waals surface area contributed by atoms with E-state index in [1.54, 1.807) is 32.4 Å². The Morgan fingerprint density at radius 2 is 1.80 bits per heavy atom. The molecule has 2 N–H and O–H groups in total. The fraction of sp³-hybridized carbons (Fsp3) is 0.316. The van der Waals surface area contributed by atoms with Gasteiger partial charge in [0, 0.05) is 24.1 Å². The maximum Gasteiger partial charge on any atom is 0.225 e. The highest BCUT2D eigenvalue weighted by Crippen LogP contribution is 2.28. The molecule has 0 spiro atoms. The van der Waals surface area contributed by atoms with Crippen LogP contribution in [-0.2, 0) is 11.2 Å². The van der Waals surface area contributed by atoms with Crippen molar-refractivity contribution in [3.63, 3.8) is 0 Å². The molecule has 2 aromatic carbocycles. The molecule has 6 heteroatoms. The predicted molar refractivity (Wildman–Crippen MR) is 101 cm³/mol. The van der Waals surface area contributed by atoms with Crippen molar-refractivity contribution in [1.82, 2.24) is 5.32 Å². The summed E-state index contributed by atoms with van der Waals surface area (Å²) in [4.78, 5) is 12.1. The summed E-state index contributed by atoms with van der Waals surface area (Å²) in [5.41, 5.74) is 1.82. The van der Waals surface area contributed by atoms with Gasteiger partial charge in [-0.25, -0.2) is 0 Å². The van der Waals surface area contributed by atoms with E-state index in [4.69, 9.17) is 21.1 Å². The monoisotopic (exact) mass is 362 g/mol. The molecule has 0 bridgehead atoms. The number of carbonyl (C=O) groups is 1.